The van der Waals surface area contributed by atoms with Crippen LogP contribution in [0.15, 0.2) is 11.0 Å². The van der Waals surface area contributed by atoms with Crippen molar-refractivity contribution in [2.24, 2.45) is 0 Å². The average Bonchev–Trinajstić information content (AvgIpc) is 3.45. The number of anilines is 2. The molecular formula is C19H22ClFN4O4. The Bertz CT molecular complexity index is 1060. The summed E-state index contributed by atoms with van der Waals surface area (Å²) in [6, 6.07) is -0.0332. The number of carbonyl (C=O) groups is 1. The Labute approximate surface area is 171 Å². The van der Waals surface area contributed by atoms with E-state index in [1.54, 1.807) is 23.6 Å². The summed E-state index contributed by atoms with van der Waals surface area (Å²) in [7, 11) is 3.38. The largest absolute Gasteiger partial charge is 0.477 e. The van der Waals surface area contributed by atoms with E-state index < -0.39 is 22.8 Å². The fourth-order valence-corrected chi connectivity index (χ4v) is 4.49. The summed E-state index contributed by atoms with van der Waals surface area (Å²) in [4.78, 5) is 26.1. The van der Waals surface area contributed by atoms with Gasteiger partial charge >= 0.3 is 5.97 Å². The lowest BCUT2D eigenvalue weighted by Crippen LogP contribution is -2.37. The second-order valence-electron chi connectivity index (χ2n) is 7.50. The summed E-state index contributed by atoms with van der Waals surface area (Å²) in [5.41, 5.74) is 4.75. The number of hydrogen-bond donors (Lipinski definition) is 3. The summed E-state index contributed by atoms with van der Waals surface area (Å²) >= 11 is 6.66. The zero-order valence-corrected chi connectivity index (χ0v) is 16.8. The highest BCUT2D eigenvalue weighted by atomic mass is 35.5. The number of pyridine rings is 1. The highest BCUT2D eigenvalue weighted by Crippen LogP contribution is 2.45. The number of aromatic carboxylic acids is 1. The number of nitrogens with zero attached hydrogens (tertiary/aromatic N) is 2. The number of nitrogens with two attached hydrogens (primary N) is 1. The van der Waals surface area contributed by atoms with E-state index in [0.29, 0.717) is 13.1 Å². The SMILES string of the molecule is CN[C@@H]1CN(c2c(F)c(N)c3c(=O)c(C(=O)O)cn(C4CC4)c3c2Cl)C[C@@H]1OC. The van der Waals surface area contributed by atoms with Crippen molar-refractivity contribution in [1.29, 1.82) is 0 Å². The molecule has 2 atom stereocenters. The number of ether oxygens (including phenoxy) is 1. The topological polar surface area (TPSA) is 110 Å². The number of carboxylic acids is 1. The number of carboxylic acid groups (broad SMARTS) is 1. The highest BCUT2D eigenvalue weighted by molar-refractivity contribution is 6.38. The van der Waals surface area contributed by atoms with E-state index in [1.165, 1.54) is 6.20 Å². The van der Waals surface area contributed by atoms with Crippen molar-refractivity contribution in [3.8, 4) is 0 Å². The second-order valence-corrected chi connectivity index (χ2v) is 7.88. The van der Waals surface area contributed by atoms with Crippen LogP contribution in [0.1, 0.15) is 29.2 Å². The Kier molecular flexibility index (Phi) is 4.92. The van der Waals surface area contributed by atoms with E-state index in [4.69, 9.17) is 22.1 Å². The first-order valence-electron chi connectivity index (χ1n) is 9.33. The quantitative estimate of drug-likeness (QED) is 0.628. The zero-order chi connectivity index (χ0) is 21.0. The number of likely N-dealkylation sites (N-methyl/N-ethyl adjacent to an activating group) is 1. The minimum atomic E-state index is -1.38. The van der Waals surface area contributed by atoms with Crippen molar-refractivity contribution in [3.05, 3.63) is 32.8 Å². The maximum atomic E-state index is 15.4. The van der Waals surface area contributed by atoms with Crippen molar-refractivity contribution >= 4 is 39.8 Å². The van der Waals surface area contributed by atoms with E-state index in [2.05, 4.69) is 5.32 Å². The van der Waals surface area contributed by atoms with Crippen LogP contribution in [0.2, 0.25) is 5.02 Å². The van der Waals surface area contributed by atoms with Crippen LogP contribution in [0.3, 0.4) is 0 Å². The number of hydrogen-bond acceptors (Lipinski definition) is 6. The predicted molar refractivity (Wildman–Crippen MR) is 109 cm³/mol. The van der Waals surface area contributed by atoms with Gasteiger partial charge in [0.15, 0.2) is 5.82 Å². The average molecular weight is 425 g/mol. The van der Waals surface area contributed by atoms with Gasteiger partial charge in [-0.15, -0.1) is 0 Å². The van der Waals surface area contributed by atoms with Crippen molar-refractivity contribution in [3.63, 3.8) is 0 Å². The molecule has 156 valence electrons. The Morgan fingerprint density at radius 1 is 1.41 bits per heavy atom. The molecule has 0 amide bonds. The molecule has 1 saturated heterocycles. The molecule has 0 radical (unpaired) electrons. The third-order valence-corrected chi connectivity index (χ3v) is 6.15. The van der Waals surface area contributed by atoms with E-state index in [-0.39, 0.29) is 45.5 Å². The normalized spacial score (nSPS) is 21.9. The molecule has 2 heterocycles. The lowest BCUT2D eigenvalue weighted by molar-refractivity contribution is 0.0695. The van der Waals surface area contributed by atoms with Crippen LogP contribution >= 0.6 is 11.6 Å². The van der Waals surface area contributed by atoms with Gasteiger partial charge in [0.1, 0.15) is 5.56 Å². The molecule has 0 spiro atoms. The number of nitrogens with one attached hydrogen (secondary N) is 1. The summed E-state index contributed by atoms with van der Waals surface area (Å²) in [6.07, 6.45) is 2.75. The van der Waals surface area contributed by atoms with E-state index in [9.17, 15) is 14.7 Å². The number of methoxy groups -OCH3 is 1. The van der Waals surface area contributed by atoms with E-state index >= 15 is 4.39 Å². The maximum absolute atomic E-state index is 15.4. The fraction of sp³-hybridized carbons (Fsp3) is 0.474. The van der Waals surface area contributed by atoms with Gasteiger partial charge in [-0.1, -0.05) is 11.6 Å². The molecule has 1 saturated carbocycles. The molecule has 1 aliphatic carbocycles. The number of halogens is 2. The second kappa shape index (κ2) is 7.16. The molecule has 2 aliphatic rings. The summed E-state index contributed by atoms with van der Waals surface area (Å²) in [5, 5.41) is 12.4. The van der Waals surface area contributed by atoms with Crippen LogP contribution in [-0.4, -0.2) is 55.0 Å². The molecule has 10 heteroatoms. The molecule has 8 nitrogen and oxygen atoms in total. The standard InChI is InChI=1S/C19H22ClFN4O4/c1-23-10-6-24(7-11(10)29-2)17-13(20)16-12(15(22)14(17)21)18(26)9(19(27)28)5-25(16)8-3-4-8/h5,8,10-11,23H,3-4,6-7,22H2,1-2H3,(H,27,28)/t10-,11+/m1/s1. The number of aromatic nitrogens is 1. The van der Waals surface area contributed by atoms with Crippen LogP contribution in [-0.2, 0) is 4.74 Å². The zero-order valence-electron chi connectivity index (χ0n) is 16.0. The minimum absolute atomic E-state index is 0.00164. The predicted octanol–water partition coefficient (Wildman–Crippen LogP) is 1.83. The third kappa shape index (κ3) is 3.04. The highest BCUT2D eigenvalue weighted by Gasteiger charge is 2.37. The van der Waals surface area contributed by atoms with Gasteiger partial charge in [-0.25, -0.2) is 9.18 Å². The summed E-state index contributed by atoms with van der Waals surface area (Å²) in [6.45, 7) is 0.835. The van der Waals surface area contributed by atoms with Crippen molar-refractivity contribution in [2.45, 2.75) is 31.0 Å². The first-order valence-corrected chi connectivity index (χ1v) is 9.71. The Morgan fingerprint density at radius 3 is 2.62 bits per heavy atom. The molecule has 2 aromatic rings. The molecule has 0 unspecified atom stereocenters. The molecule has 1 aliphatic heterocycles. The number of benzene rings is 1. The van der Waals surface area contributed by atoms with E-state index in [1.807, 2.05) is 0 Å². The molecular weight excluding hydrogens is 403 g/mol. The van der Waals surface area contributed by atoms with Gasteiger partial charge in [0.05, 0.1) is 39.4 Å². The van der Waals surface area contributed by atoms with Gasteiger partial charge in [-0.3, -0.25) is 4.79 Å². The van der Waals surface area contributed by atoms with Gasteiger partial charge in [-0.05, 0) is 19.9 Å². The molecule has 4 rings (SSSR count). The van der Waals surface area contributed by atoms with Crippen LogP contribution in [0.5, 0.6) is 0 Å². The fourth-order valence-electron chi connectivity index (χ4n) is 4.10. The molecule has 1 aromatic heterocycles. The minimum Gasteiger partial charge on any atom is -0.477 e. The van der Waals surface area contributed by atoms with Crippen LogP contribution in [0.4, 0.5) is 15.8 Å². The van der Waals surface area contributed by atoms with E-state index in [0.717, 1.165) is 12.8 Å². The van der Waals surface area contributed by atoms with Crippen molar-refractivity contribution in [1.82, 2.24) is 9.88 Å². The summed E-state index contributed by atoms with van der Waals surface area (Å²) in [5.74, 6) is -2.21. The van der Waals surface area contributed by atoms with Crippen LogP contribution in [0, 0.1) is 5.82 Å². The van der Waals surface area contributed by atoms with Crippen LogP contribution < -0.4 is 21.4 Å². The van der Waals surface area contributed by atoms with Gasteiger partial charge < -0.3 is 30.4 Å². The Balaban J connectivity index is 2.00. The van der Waals surface area contributed by atoms with Gasteiger partial charge in [0.25, 0.3) is 0 Å². The number of rotatable bonds is 5. The number of nitrogen functional groups attached to an aromatic ring is 1. The van der Waals surface area contributed by atoms with Gasteiger partial charge in [-0.2, -0.15) is 0 Å². The van der Waals surface area contributed by atoms with Crippen molar-refractivity contribution < 1.29 is 19.0 Å². The smallest absolute Gasteiger partial charge is 0.341 e. The van der Waals surface area contributed by atoms with Gasteiger partial charge in [0.2, 0.25) is 5.43 Å². The number of fused-ring (bicyclic) bond motifs is 1. The van der Waals surface area contributed by atoms with Crippen LogP contribution in [0.25, 0.3) is 10.9 Å². The first kappa shape index (κ1) is 19.9. The molecule has 4 N–H and O–H groups in total. The third-order valence-electron chi connectivity index (χ3n) is 5.79. The van der Waals surface area contributed by atoms with Crippen molar-refractivity contribution in [2.75, 3.05) is 37.9 Å². The lowest BCUT2D eigenvalue weighted by Gasteiger charge is -2.24. The molecule has 29 heavy (non-hydrogen) atoms. The molecule has 0 bridgehead atoms. The monoisotopic (exact) mass is 424 g/mol. The Hall–Kier alpha value is -2.36. The Morgan fingerprint density at radius 2 is 2.10 bits per heavy atom. The molecule has 2 fully saturated rings. The molecule has 1 aromatic carbocycles. The first-order chi connectivity index (χ1) is 13.8. The maximum Gasteiger partial charge on any atom is 0.341 e. The summed E-state index contributed by atoms with van der Waals surface area (Å²) < 4.78 is 22.5. The lowest BCUT2D eigenvalue weighted by atomic mass is 10.1. The van der Waals surface area contributed by atoms with Gasteiger partial charge in [0, 0.05) is 32.4 Å².